The number of hydrogen-bond donors (Lipinski definition) is 0. The first kappa shape index (κ1) is 18.6. The van der Waals surface area contributed by atoms with Crippen LogP contribution in [-0.4, -0.2) is 31.2 Å². The predicted molar refractivity (Wildman–Crippen MR) is 101 cm³/mol. The lowest BCUT2D eigenvalue weighted by Crippen LogP contribution is -2.41. The van der Waals surface area contributed by atoms with Crippen molar-refractivity contribution in [1.82, 2.24) is 4.90 Å². The predicted octanol–water partition coefficient (Wildman–Crippen LogP) is 4.69. The highest BCUT2D eigenvalue weighted by Crippen LogP contribution is 2.29. The standard InChI is InChI=1S/C20H29NO2Si/c1-6-10-18(13-14-24(3,4)5)19-16(2)23-20(22)21(19)15-17-11-8-7-9-12-17/h7-9,11-12,16,18-19H,6,10,15H2,1-5H3/t16-,18-,19-/m0/s1. The first-order valence-electron chi connectivity index (χ1n) is 8.85. The molecule has 130 valence electrons. The second-order valence-corrected chi connectivity index (χ2v) is 12.4. The van der Waals surface area contributed by atoms with Gasteiger partial charge < -0.3 is 4.74 Å². The Morgan fingerprint density at radius 1 is 1.25 bits per heavy atom. The average molecular weight is 344 g/mol. The molecule has 1 aromatic rings. The van der Waals surface area contributed by atoms with Gasteiger partial charge in [0, 0.05) is 12.5 Å². The Bertz CT molecular complexity index is 612. The largest absolute Gasteiger partial charge is 0.444 e. The summed E-state index contributed by atoms with van der Waals surface area (Å²) in [5.74, 6) is 3.68. The van der Waals surface area contributed by atoms with Crippen molar-refractivity contribution < 1.29 is 9.53 Å². The zero-order chi connectivity index (χ0) is 17.7. The number of hydrogen-bond acceptors (Lipinski definition) is 2. The topological polar surface area (TPSA) is 29.5 Å². The lowest BCUT2D eigenvalue weighted by Gasteiger charge is -2.28. The number of nitrogens with zero attached hydrogens (tertiary/aromatic N) is 1. The van der Waals surface area contributed by atoms with Crippen LogP contribution in [0.5, 0.6) is 0 Å². The highest BCUT2D eigenvalue weighted by molar-refractivity contribution is 6.83. The van der Waals surface area contributed by atoms with Gasteiger partial charge in [0.1, 0.15) is 14.2 Å². The van der Waals surface area contributed by atoms with Gasteiger partial charge in [-0.15, -0.1) is 11.5 Å². The number of rotatable bonds is 5. The Hall–Kier alpha value is -1.73. The minimum Gasteiger partial charge on any atom is -0.444 e. The summed E-state index contributed by atoms with van der Waals surface area (Å²) in [6.07, 6.45) is 1.72. The van der Waals surface area contributed by atoms with Crippen molar-refractivity contribution in [3.05, 3.63) is 35.9 Å². The van der Waals surface area contributed by atoms with Gasteiger partial charge in [-0.3, -0.25) is 4.90 Å². The fourth-order valence-corrected chi connectivity index (χ4v) is 3.73. The molecule has 0 spiro atoms. The van der Waals surface area contributed by atoms with E-state index >= 15 is 0 Å². The normalized spacial score (nSPS) is 21.9. The lowest BCUT2D eigenvalue weighted by atomic mass is 9.91. The third kappa shape index (κ3) is 4.88. The van der Waals surface area contributed by atoms with Crippen molar-refractivity contribution in [2.75, 3.05) is 0 Å². The van der Waals surface area contributed by atoms with Crippen molar-refractivity contribution in [2.24, 2.45) is 5.92 Å². The fraction of sp³-hybridized carbons (Fsp3) is 0.550. The van der Waals surface area contributed by atoms with Crippen LogP contribution in [0.3, 0.4) is 0 Å². The zero-order valence-electron chi connectivity index (χ0n) is 15.5. The van der Waals surface area contributed by atoms with Crippen LogP contribution >= 0.6 is 0 Å². The van der Waals surface area contributed by atoms with Gasteiger partial charge in [-0.2, -0.15) is 0 Å². The van der Waals surface area contributed by atoms with E-state index in [4.69, 9.17) is 4.74 Å². The third-order valence-corrected chi connectivity index (χ3v) is 5.10. The van der Waals surface area contributed by atoms with E-state index in [0.717, 1.165) is 18.4 Å². The monoisotopic (exact) mass is 343 g/mol. The van der Waals surface area contributed by atoms with Crippen molar-refractivity contribution in [1.29, 1.82) is 0 Å². The van der Waals surface area contributed by atoms with Crippen molar-refractivity contribution in [3.8, 4) is 11.5 Å². The Balaban J connectivity index is 2.27. The van der Waals surface area contributed by atoms with Gasteiger partial charge >= 0.3 is 6.09 Å². The maximum Gasteiger partial charge on any atom is 0.410 e. The van der Waals surface area contributed by atoms with Gasteiger partial charge in [-0.1, -0.05) is 63.3 Å². The van der Waals surface area contributed by atoms with Gasteiger partial charge in [0.05, 0.1) is 6.04 Å². The van der Waals surface area contributed by atoms with Crippen LogP contribution < -0.4 is 0 Å². The van der Waals surface area contributed by atoms with E-state index in [9.17, 15) is 4.79 Å². The molecule has 0 radical (unpaired) electrons. The van der Waals surface area contributed by atoms with Gasteiger partial charge in [0.15, 0.2) is 0 Å². The van der Waals surface area contributed by atoms with Crippen LogP contribution in [0.15, 0.2) is 30.3 Å². The van der Waals surface area contributed by atoms with E-state index in [-0.39, 0.29) is 24.2 Å². The van der Waals surface area contributed by atoms with Gasteiger partial charge in [0.2, 0.25) is 0 Å². The molecule has 24 heavy (non-hydrogen) atoms. The number of carbonyl (C=O) groups is 1. The molecule has 0 saturated carbocycles. The van der Waals surface area contributed by atoms with Crippen LogP contribution in [0.2, 0.25) is 19.6 Å². The maximum atomic E-state index is 12.4. The molecule has 1 amide bonds. The molecule has 0 aliphatic carbocycles. The summed E-state index contributed by atoms with van der Waals surface area (Å²) in [5.41, 5.74) is 4.63. The molecule has 3 nitrogen and oxygen atoms in total. The molecular formula is C20H29NO2Si. The first-order valence-corrected chi connectivity index (χ1v) is 12.4. The third-order valence-electron chi connectivity index (χ3n) is 4.20. The highest BCUT2D eigenvalue weighted by atomic mass is 28.3. The molecular weight excluding hydrogens is 314 g/mol. The Labute approximate surface area is 147 Å². The number of cyclic esters (lactones) is 1. The smallest absolute Gasteiger partial charge is 0.410 e. The van der Waals surface area contributed by atoms with Crippen molar-refractivity contribution in [2.45, 2.75) is 65.0 Å². The summed E-state index contributed by atoms with van der Waals surface area (Å²) in [5, 5.41) is 0. The summed E-state index contributed by atoms with van der Waals surface area (Å²) in [6, 6.07) is 10.1. The van der Waals surface area contributed by atoms with E-state index in [1.165, 1.54) is 0 Å². The molecule has 1 aromatic carbocycles. The minimum atomic E-state index is -1.44. The summed E-state index contributed by atoms with van der Waals surface area (Å²) in [6.45, 7) is 11.5. The minimum absolute atomic E-state index is 0.0292. The number of benzene rings is 1. The SMILES string of the molecule is CCC[C@@H](C#C[Si](C)(C)C)[C@@H]1[C@H](C)OC(=O)N1Cc1ccccc1. The first-order chi connectivity index (χ1) is 11.3. The lowest BCUT2D eigenvalue weighted by molar-refractivity contribution is 0.135. The average Bonchev–Trinajstić information content (AvgIpc) is 2.78. The van der Waals surface area contributed by atoms with Gasteiger partial charge in [-0.05, 0) is 18.9 Å². The van der Waals surface area contributed by atoms with E-state index in [0.29, 0.717) is 6.54 Å². The second-order valence-electron chi connectivity index (χ2n) is 7.61. The molecule has 0 bridgehead atoms. The van der Waals surface area contributed by atoms with Crippen LogP contribution in [0.1, 0.15) is 32.3 Å². The molecule has 3 atom stereocenters. The molecule has 1 heterocycles. The zero-order valence-corrected chi connectivity index (χ0v) is 16.5. The van der Waals surface area contributed by atoms with Crippen LogP contribution in [0.4, 0.5) is 4.79 Å². The number of ether oxygens (including phenoxy) is 1. The van der Waals surface area contributed by atoms with E-state index < -0.39 is 8.07 Å². The highest BCUT2D eigenvalue weighted by Gasteiger charge is 2.42. The maximum absolute atomic E-state index is 12.4. The molecule has 1 saturated heterocycles. The fourth-order valence-electron chi connectivity index (χ4n) is 3.11. The molecule has 0 N–H and O–H groups in total. The molecule has 4 heteroatoms. The van der Waals surface area contributed by atoms with Crippen LogP contribution in [-0.2, 0) is 11.3 Å². The van der Waals surface area contributed by atoms with Crippen LogP contribution in [0.25, 0.3) is 0 Å². The summed E-state index contributed by atoms with van der Waals surface area (Å²) >= 11 is 0. The molecule has 0 aromatic heterocycles. The summed E-state index contributed by atoms with van der Waals surface area (Å²) in [7, 11) is -1.44. The van der Waals surface area contributed by atoms with E-state index in [1.54, 1.807) is 0 Å². The van der Waals surface area contributed by atoms with E-state index in [1.807, 2.05) is 30.0 Å². The van der Waals surface area contributed by atoms with Crippen molar-refractivity contribution in [3.63, 3.8) is 0 Å². The molecule has 1 aliphatic heterocycles. The van der Waals surface area contributed by atoms with E-state index in [2.05, 4.69) is 50.2 Å². The molecule has 1 aliphatic rings. The Morgan fingerprint density at radius 3 is 2.50 bits per heavy atom. The quantitative estimate of drug-likeness (QED) is 0.573. The Morgan fingerprint density at radius 2 is 1.92 bits per heavy atom. The molecule has 0 unspecified atom stereocenters. The Kier molecular flexibility index (Phi) is 6.12. The molecule has 1 fully saturated rings. The van der Waals surface area contributed by atoms with Crippen molar-refractivity contribution >= 4 is 14.2 Å². The second kappa shape index (κ2) is 7.89. The number of amides is 1. The summed E-state index contributed by atoms with van der Waals surface area (Å²) < 4.78 is 5.55. The number of carbonyl (C=O) groups excluding carboxylic acids is 1. The van der Waals surface area contributed by atoms with Crippen LogP contribution in [0, 0.1) is 17.4 Å². The summed E-state index contributed by atoms with van der Waals surface area (Å²) in [4.78, 5) is 14.2. The van der Waals surface area contributed by atoms with Gasteiger partial charge in [0.25, 0.3) is 0 Å². The van der Waals surface area contributed by atoms with Gasteiger partial charge in [-0.25, -0.2) is 4.79 Å². The molecule has 2 rings (SSSR count).